The number of nitriles is 2. The summed E-state index contributed by atoms with van der Waals surface area (Å²) in [6.07, 6.45) is -3.47. The molecule has 0 atom stereocenters. The number of rotatable bonds is 24. The van der Waals surface area contributed by atoms with E-state index in [4.69, 9.17) is 75.9 Å². The van der Waals surface area contributed by atoms with Gasteiger partial charge in [-0.25, -0.2) is 8.42 Å². The van der Waals surface area contributed by atoms with E-state index in [-0.39, 0.29) is 55.7 Å². The number of carbonyl (C=O) groups is 6. The van der Waals surface area contributed by atoms with Gasteiger partial charge in [-0.15, -0.1) is 68.0 Å². The van der Waals surface area contributed by atoms with Crippen LogP contribution in [-0.2, 0) is 56.6 Å². The SMILES string of the molecule is COC(=O)CC(=O)Nc1cc(Cl)c(C)s1.COCC(=O)Nc1cc(C)c(C)s1.Cc1cc(NCCN2CCOCC2)sc1C.Cc1cc(OCc2ccccc2)cc(OCc2ccccc2)c1.Cc1ccc(NC(=O)C(F)(F)F)cc1.Cc1sc(C(=O)CCC#N)cc1Cl.Cc1sc(C(=O)NCC#N)cc1Cl.Cc1sc(NS(C)(=O)=O)cc1Cl. The summed E-state index contributed by atoms with van der Waals surface area (Å²) in [4.78, 5) is 76.2. The number of halogens is 7. The van der Waals surface area contributed by atoms with Gasteiger partial charge in [0.05, 0.1) is 83.6 Å². The van der Waals surface area contributed by atoms with Crippen molar-refractivity contribution in [1.29, 1.82) is 10.5 Å². The predicted molar refractivity (Wildman–Crippen MR) is 480 cm³/mol. The van der Waals surface area contributed by atoms with Gasteiger partial charge in [-0.1, -0.05) is 125 Å². The number of alkyl halides is 3. The monoisotopic (exact) mass is 1850 g/mol. The van der Waals surface area contributed by atoms with Crippen LogP contribution >= 0.6 is 114 Å². The van der Waals surface area contributed by atoms with Gasteiger partial charge in [0.1, 0.15) is 49.3 Å². The Bertz CT molecular complexity index is 4830. The van der Waals surface area contributed by atoms with Crippen LogP contribution in [0.3, 0.4) is 0 Å². The van der Waals surface area contributed by atoms with Crippen molar-refractivity contribution < 1.29 is 74.0 Å². The minimum atomic E-state index is -4.84. The summed E-state index contributed by atoms with van der Waals surface area (Å²) in [6.45, 7) is 26.9. The quantitative estimate of drug-likeness (QED) is 0.0142. The molecule has 0 radical (unpaired) electrons. The molecule has 6 N–H and O–H groups in total. The highest BCUT2D eigenvalue weighted by Crippen LogP contribution is 2.34. The highest BCUT2D eigenvalue weighted by molar-refractivity contribution is 7.92. The summed E-state index contributed by atoms with van der Waals surface area (Å²) in [5.41, 5.74) is 7.07. The normalized spacial score (nSPS) is 11.2. The number of Topliss-reactive ketones (excluding diaryl/α,β-unsaturated/α-hetero) is 1. The van der Waals surface area contributed by atoms with E-state index in [0.29, 0.717) is 53.1 Å². The number of hydrogen-bond donors (Lipinski definition) is 6. The van der Waals surface area contributed by atoms with Gasteiger partial charge in [0.25, 0.3) is 11.8 Å². The fraction of sp³-hybridized carbons (Fsp3) is 0.325. The summed E-state index contributed by atoms with van der Waals surface area (Å²) in [7, 11) is -0.436. The van der Waals surface area contributed by atoms with Crippen LogP contribution < -0.4 is 40.8 Å². The number of anilines is 5. The largest absolute Gasteiger partial charge is 0.489 e. The number of aryl methyl sites for hydroxylation is 10. The third-order valence-electron chi connectivity index (χ3n) is 15.6. The molecule has 0 bridgehead atoms. The van der Waals surface area contributed by atoms with Crippen LogP contribution in [0.5, 0.6) is 11.5 Å². The summed E-state index contributed by atoms with van der Waals surface area (Å²) < 4.78 is 85.5. The number of nitrogens with one attached hydrogen (secondary N) is 6. The van der Waals surface area contributed by atoms with Crippen molar-refractivity contribution in [2.45, 2.75) is 108 Å². The second kappa shape index (κ2) is 53.7. The number of hydrogen-bond acceptors (Lipinski definition) is 23. The van der Waals surface area contributed by atoms with Gasteiger partial charge in [0.2, 0.25) is 15.9 Å². The minimum Gasteiger partial charge on any atom is -0.489 e. The molecule has 0 aliphatic carbocycles. The van der Waals surface area contributed by atoms with Gasteiger partial charge in [0.15, 0.2) is 5.78 Å². The van der Waals surface area contributed by atoms with E-state index in [1.54, 1.807) is 60.0 Å². The van der Waals surface area contributed by atoms with Crippen LogP contribution in [0.25, 0.3) is 0 Å². The highest BCUT2D eigenvalue weighted by atomic mass is 35.5. The molecule has 36 heteroatoms. The fourth-order valence-electron chi connectivity index (χ4n) is 9.23. The van der Waals surface area contributed by atoms with Crippen LogP contribution in [0.15, 0.2) is 140 Å². The number of esters is 1. The second-order valence-electron chi connectivity index (χ2n) is 25.6. The van der Waals surface area contributed by atoms with Crippen molar-refractivity contribution in [3.8, 4) is 23.6 Å². The number of morpholine rings is 1. The van der Waals surface area contributed by atoms with Crippen LogP contribution in [-0.4, -0.2) is 128 Å². The van der Waals surface area contributed by atoms with Gasteiger partial charge in [-0.05, 0) is 158 Å². The molecule has 11 rings (SSSR count). The maximum atomic E-state index is 11.8. The molecule has 1 fully saturated rings. The van der Waals surface area contributed by atoms with Gasteiger partial charge in [0, 0.05) is 87.1 Å². The lowest BCUT2D eigenvalue weighted by Gasteiger charge is -2.26. The van der Waals surface area contributed by atoms with Crippen molar-refractivity contribution in [3.63, 3.8) is 0 Å². The summed E-state index contributed by atoms with van der Waals surface area (Å²) in [6, 6.07) is 46.9. The molecule has 4 amide bonds. The summed E-state index contributed by atoms with van der Waals surface area (Å²) in [5, 5.41) is 35.3. The summed E-state index contributed by atoms with van der Waals surface area (Å²) >= 11 is 31.9. The van der Waals surface area contributed by atoms with Crippen LogP contribution in [0.1, 0.15) is 101 Å². The third kappa shape index (κ3) is 41.7. The van der Waals surface area contributed by atoms with E-state index in [0.717, 1.165) is 104 Å². The number of amides is 4. The van der Waals surface area contributed by atoms with Crippen LogP contribution in [0.2, 0.25) is 20.1 Å². The average molecular weight is 1850 g/mol. The molecule has 0 saturated carbocycles. The number of ketones is 1. The molecule has 1 aliphatic heterocycles. The highest BCUT2D eigenvalue weighted by Gasteiger charge is 2.38. The number of thiophene rings is 6. The zero-order valence-electron chi connectivity index (χ0n) is 67.6. The number of ether oxygens (including phenoxy) is 5. The lowest BCUT2D eigenvalue weighted by atomic mass is 10.2. The van der Waals surface area contributed by atoms with Crippen LogP contribution in [0.4, 0.5) is 38.9 Å². The molecule has 0 spiro atoms. The maximum Gasteiger partial charge on any atom is 0.471 e. The van der Waals surface area contributed by atoms with Crippen molar-refractivity contribution in [2.75, 3.05) is 99.0 Å². The van der Waals surface area contributed by atoms with Crippen molar-refractivity contribution >= 4 is 186 Å². The molecule has 7 heterocycles. The Labute approximate surface area is 736 Å². The minimum absolute atomic E-state index is 0.00144. The van der Waals surface area contributed by atoms with E-state index in [2.05, 4.69) is 79.8 Å². The molecule has 1 aliphatic rings. The van der Waals surface area contributed by atoms with E-state index < -0.39 is 34.0 Å². The molecule has 10 aromatic rings. The first-order valence-corrected chi connectivity index (χ1v) is 44.4. The lowest BCUT2D eigenvalue weighted by Crippen LogP contribution is -2.38. The maximum absolute atomic E-state index is 11.8. The van der Waals surface area contributed by atoms with Gasteiger partial charge >= 0.3 is 18.1 Å². The number of benzene rings is 4. The standard InChI is InChI=1S/C21H20O2.C12H20N2OS.C9H10ClNO3S.C9H8ClNOS.C9H8F3NO.C9H13NO2S.C8H7ClN2OS.C6H8ClNO2S2/c1-17-12-20(22-15-18-8-4-2-5-9-18)14-21(13-17)23-16-19-10-6-3-7-11-19;1-10-9-12(16-11(10)2)13-3-4-14-5-7-15-8-6-14;1-5-6(10)3-8(15-5)11-7(12)4-9(13)14-2;1-6-7(10)5-9(13-6)8(12)3-2-4-11;1-6-2-4-7(5-3-6)13-8(14)9(10,11)12;1-6-4-9(13-7(6)2)10-8(11)5-12-3;1-5-6(9)4-7(13-5)8(12)11-3-2-10;1-4-5(7)3-6(11-4)8-12(2,9)10/h2-14H,15-16H2,1H3;9,13H,3-8H2,1-2H3;3H,4H2,1-2H3,(H,11,12);5H,2-3H2,1H3;2-5H,1H3,(H,13,14);4H,5H2,1-3H3,(H,10,11);4H,3H2,1H3,(H,11,12);3,8H,1-2H3. The molecule has 22 nitrogen and oxygen atoms in total. The lowest BCUT2D eigenvalue weighted by molar-refractivity contribution is -0.167. The Balaban J connectivity index is 0.000000289. The molecular weight excluding hydrogens is 1750 g/mol. The third-order valence-corrected chi connectivity index (χ3v) is 24.6. The van der Waals surface area contributed by atoms with E-state index >= 15 is 0 Å². The Morgan fingerprint density at radius 3 is 1.46 bits per heavy atom. The van der Waals surface area contributed by atoms with Crippen LogP contribution in [0, 0.1) is 91.9 Å². The number of carbonyl (C=O) groups excluding carboxylic acids is 6. The first-order chi connectivity index (χ1) is 56.3. The van der Waals surface area contributed by atoms with Crippen molar-refractivity contribution in [3.05, 3.63) is 232 Å². The Hall–Kier alpha value is -8.94. The number of methoxy groups -OCH3 is 2. The average Bonchev–Trinajstić information content (AvgIpc) is 1.23. The first kappa shape index (κ1) is 102. The molecule has 119 heavy (non-hydrogen) atoms. The molecule has 4 aromatic carbocycles. The van der Waals surface area contributed by atoms with Gasteiger partial charge < -0.3 is 50.3 Å². The predicted octanol–water partition coefficient (Wildman–Crippen LogP) is 21.2. The molecule has 640 valence electrons. The van der Waals surface area contributed by atoms with Gasteiger partial charge in [-0.3, -0.25) is 38.4 Å². The number of sulfonamides is 1. The second-order valence-corrected chi connectivity index (χ2v) is 36.5. The Morgan fingerprint density at radius 2 is 1.03 bits per heavy atom. The smallest absolute Gasteiger partial charge is 0.471 e. The summed E-state index contributed by atoms with van der Waals surface area (Å²) in [5.74, 6) is -1.62. The van der Waals surface area contributed by atoms with E-state index in [1.165, 1.54) is 97.6 Å². The molecule has 0 unspecified atom stereocenters. The number of nitrogens with zero attached hydrogens (tertiary/aromatic N) is 3. The zero-order chi connectivity index (χ0) is 88.4. The fourth-order valence-corrected chi connectivity index (χ4v) is 16.5. The molecule has 1 saturated heterocycles. The zero-order valence-corrected chi connectivity index (χ0v) is 76.4. The van der Waals surface area contributed by atoms with Crippen molar-refractivity contribution in [1.82, 2.24) is 10.2 Å². The van der Waals surface area contributed by atoms with E-state index in [1.807, 2.05) is 133 Å². The topological polar surface area (TPSA) is 306 Å². The Kier molecular flexibility index (Phi) is 46.2. The Morgan fingerprint density at radius 1 is 0.555 bits per heavy atom. The van der Waals surface area contributed by atoms with Gasteiger partial charge in [-0.2, -0.15) is 23.7 Å². The molecular formula is C83H94Cl4F3N9O13S7. The molecule has 6 aromatic heterocycles. The van der Waals surface area contributed by atoms with E-state index in [9.17, 15) is 50.4 Å². The first-order valence-electron chi connectivity index (χ1n) is 36.1. The van der Waals surface area contributed by atoms with Crippen molar-refractivity contribution in [2.24, 2.45) is 0 Å².